The summed E-state index contributed by atoms with van der Waals surface area (Å²) in [4.78, 5) is 8.01. The Morgan fingerprint density at radius 3 is 2.38 bits per heavy atom. The van der Waals surface area contributed by atoms with Crippen molar-refractivity contribution in [1.29, 1.82) is 0 Å². The zero-order chi connectivity index (χ0) is 23.1. The maximum atomic E-state index is 13.6. The summed E-state index contributed by atoms with van der Waals surface area (Å²) >= 11 is 0. The first-order chi connectivity index (χ1) is 15.3. The number of para-hydroxylation sites is 1. The van der Waals surface area contributed by atoms with Crippen LogP contribution >= 0.6 is 0 Å². The first kappa shape index (κ1) is 23.4. The van der Waals surface area contributed by atoms with Gasteiger partial charge in [-0.1, -0.05) is 39.0 Å². The summed E-state index contributed by atoms with van der Waals surface area (Å²) in [5.74, 6) is 0.833. The predicted molar refractivity (Wildman–Crippen MR) is 121 cm³/mol. The lowest BCUT2D eigenvalue weighted by Crippen LogP contribution is -2.13. The van der Waals surface area contributed by atoms with Crippen molar-refractivity contribution in [3.8, 4) is 5.75 Å². The predicted octanol–water partition coefficient (Wildman–Crippen LogP) is 6.97. The Bertz CT molecular complexity index is 1020. The Hall–Kier alpha value is -3.29. The van der Waals surface area contributed by atoms with Crippen molar-refractivity contribution in [2.45, 2.75) is 39.8 Å². The van der Waals surface area contributed by atoms with Gasteiger partial charge >= 0.3 is 6.18 Å². The van der Waals surface area contributed by atoms with Crippen LogP contribution in [-0.4, -0.2) is 16.6 Å². The van der Waals surface area contributed by atoms with E-state index in [0.29, 0.717) is 23.9 Å². The smallest absolute Gasteiger partial charge is 0.421 e. The summed E-state index contributed by atoms with van der Waals surface area (Å²) in [5.41, 5.74) is 1.23. The Morgan fingerprint density at radius 2 is 1.72 bits per heavy atom. The summed E-state index contributed by atoms with van der Waals surface area (Å²) in [6.07, 6.45) is -2.17. The van der Waals surface area contributed by atoms with E-state index >= 15 is 0 Å². The third-order valence-corrected chi connectivity index (χ3v) is 4.58. The van der Waals surface area contributed by atoms with E-state index in [9.17, 15) is 13.2 Å². The fraction of sp³-hybridized carbons (Fsp3) is 0.333. The van der Waals surface area contributed by atoms with Crippen molar-refractivity contribution >= 4 is 23.1 Å². The monoisotopic (exact) mass is 444 g/mol. The molecule has 0 bridgehead atoms. The zero-order valence-electron chi connectivity index (χ0n) is 18.3. The molecule has 0 saturated heterocycles. The van der Waals surface area contributed by atoms with Crippen molar-refractivity contribution < 1.29 is 17.9 Å². The summed E-state index contributed by atoms with van der Waals surface area (Å²) in [6.45, 7) is 6.75. The molecule has 0 aliphatic heterocycles. The average molecular weight is 445 g/mol. The van der Waals surface area contributed by atoms with Crippen molar-refractivity contribution in [3.05, 3.63) is 65.9 Å². The molecule has 0 saturated carbocycles. The highest BCUT2D eigenvalue weighted by atomic mass is 19.4. The van der Waals surface area contributed by atoms with Crippen LogP contribution in [0.25, 0.3) is 0 Å². The Balaban J connectivity index is 1.88. The number of halogens is 3. The SMILES string of the molecule is CCCOc1ccc(Nc2ncc(C(F)(F)F)c(Nc3ccccc3CC(C)C)n2)cc1. The van der Waals surface area contributed by atoms with Crippen LogP contribution in [0.15, 0.2) is 54.7 Å². The Labute approximate surface area is 186 Å². The van der Waals surface area contributed by atoms with Crippen LogP contribution in [0.2, 0.25) is 0 Å². The van der Waals surface area contributed by atoms with Crippen LogP contribution in [0.5, 0.6) is 5.75 Å². The van der Waals surface area contributed by atoms with Crippen LogP contribution in [0.1, 0.15) is 38.3 Å². The standard InChI is InChI=1S/C24H27F3N4O/c1-4-13-32-19-11-9-18(10-12-19)29-23-28-15-20(24(25,26)27)22(31-23)30-21-8-6-5-7-17(21)14-16(2)3/h5-12,15-16H,4,13-14H2,1-3H3,(H2,28,29,30,31). The molecule has 32 heavy (non-hydrogen) atoms. The number of rotatable bonds is 9. The Morgan fingerprint density at radius 1 is 1.00 bits per heavy atom. The molecule has 8 heteroatoms. The molecule has 3 rings (SSSR count). The maximum Gasteiger partial charge on any atom is 0.421 e. The van der Waals surface area contributed by atoms with Crippen molar-refractivity contribution in [3.63, 3.8) is 0 Å². The zero-order valence-corrected chi connectivity index (χ0v) is 18.3. The number of nitrogens with one attached hydrogen (secondary N) is 2. The highest BCUT2D eigenvalue weighted by Crippen LogP contribution is 2.36. The minimum absolute atomic E-state index is 0.0593. The lowest BCUT2D eigenvalue weighted by molar-refractivity contribution is -0.137. The largest absolute Gasteiger partial charge is 0.494 e. The Kier molecular flexibility index (Phi) is 7.56. The minimum Gasteiger partial charge on any atom is -0.494 e. The summed E-state index contributed by atoms with van der Waals surface area (Å²) in [7, 11) is 0. The molecule has 0 amide bonds. The van der Waals surface area contributed by atoms with Crippen LogP contribution in [-0.2, 0) is 12.6 Å². The number of hydrogen-bond donors (Lipinski definition) is 2. The van der Waals surface area contributed by atoms with Gasteiger partial charge in [0, 0.05) is 17.6 Å². The van der Waals surface area contributed by atoms with Gasteiger partial charge < -0.3 is 15.4 Å². The van der Waals surface area contributed by atoms with Gasteiger partial charge in [0.25, 0.3) is 0 Å². The molecule has 170 valence electrons. The lowest BCUT2D eigenvalue weighted by atomic mass is 10.0. The number of nitrogens with zero attached hydrogens (tertiary/aromatic N) is 2. The van der Waals surface area contributed by atoms with Crippen LogP contribution in [0, 0.1) is 5.92 Å². The van der Waals surface area contributed by atoms with Gasteiger partial charge in [0.05, 0.1) is 6.61 Å². The van der Waals surface area contributed by atoms with Crippen molar-refractivity contribution in [2.75, 3.05) is 17.2 Å². The summed E-state index contributed by atoms with van der Waals surface area (Å²) < 4.78 is 46.4. The molecular weight excluding hydrogens is 417 g/mol. The van der Waals surface area contributed by atoms with E-state index in [1.54, 1.807) is 36.4 Å². The van der Waals surface area contributed by atoms with E-state index in [-0.39, 0.29) is 11.8 Å². The van der Waals surface area contributed by atoms with E-state index in [2.05, 4.69) is 34.4 Å². The van der Waals surface area contributed by atoms with E-state index < -0.39 is 11.7 Å². The fourth-order valence-corrected chi connectivity index (χ4v) is 3.12. The molecule has 1 heterocycles. The quantitative estimate of drug-likeness (QED) is 0.373. The second-order valence-corrected chi connectivity index (χ2v) is 7.83. The third kappa shape index (κ3) is 6.35. The van der Waals surface area contributed by atoms with Gasteiger partial charge in [-0.3, -0.25) is 0 Å². The lowest BCUT2D eigenvalue weighted by Gasteiger charge is -2.17. The number of ether oxygens (including phenoxy) is 1. The number of alkyl halides is 3. The van der Waals surface area contributed by atoms with E-state index in [0.717, 1.165) is 30.4 Å². The molecule has 0 fully saturated rings. The van der Waals surface area contributed by atoms with Gasteiger partial charge in [0.1, 0.15) is 17.1 Å². The summed E-state index contributed by atoms with van der Waals surface area (Å²) in [5, 5.41) is 5.83. The highest BCUT2D eigenvalue weighted by Gasteiger charge is 2.35. The number of hydrogen-bond acceptors (Lipinski definition) is 5. The molecule has 3 aromatic rings. The third-order valence-electron chi connectivity index (χ3n) is 4.58. The minimum atomic E-state index is -4.59. The first-order valence-corrected chi connectivity index (χ1v) is 10.5. The number of anilines is 4. The van der Waals surface area contributed by atoms with Gasteiger partial charge in [0.15, 0.2) is 0 Å². The van der Waals surface area contributed by atoms with E-state index in [4.69, 9.17) is 4.74 Å². The molecule has 0 spiro atoms. The molecule has 0 aliphatic carbocycles. The molecule has 5 nitrogen and oxygen atoms in total. The highest BCUT2D eigenvalue weighted by molar-refractivity contribution is 5.65. The normalized spacial score (nSPS) is 11.5. The fourth-order valence-electron chi connectivity index (χ4n) is 3.12. The van der Waals surface area contributed by atoms with Crippen LogP contribution < -0.4 is 15.4 Å². The maximum absolute atomic E-state index is 13.6. The van der Waals surface area contributed by atoms with Crippen molar-refractivity contribution in [1.82, 2.24) is 9.97 Å². The molecule has 0 radical (unpaired) electrons. The average Bonchev–Trinajstić information content (AvgIpc) is 2.74. The van der Waals surface area contributed by atoms with Crippen molar-refractivity contribution in [2.24, 2.45) is 5.92 Å². The van der Waals surface area contributed by atoms with E-state index in [1.807, 2.05) is 19.1 Å². The molecule has 0 aliphatic rings. The van der Waals surface area contributed by atoms with Gasteiger partial charge in [-0.15, -0.1) is 0 Å². The molecule has 0 atom stereocenters. The van der Waals surface area contributed by atoms with E-state index in [1.165, 1.54) is 0 Å². The van der Waals surface area contributed by atoms with Crippen LogP contribution in [0.3, 0.4) is 0 Å². The van der Waals surface area contributed by atoms with Gasteiger partial charge in [-0.2, -0.15) is 18.2 Å². The van der Waals surface area contributed by atoms with Gasteiger partial charge in [-0.05, 0) is 54.7 Å². The molecular formula is C24H27F3N4O. The molecule has 0 unspecified atom stereocenters. The first-order valence-electron chi connectivity index (χ1n) is 10.5. The summed E-state index contributed by atoms with van der Waals surface area (Å²) in [6, 6.07) is 14.4. The number of benzene rings is 2. The van der Waals surface area contributed by atoms with Gasteiger partial charge in [0.2, 0.25) is 5.95 Å². The van der Waals surface area contributed by atoms with Gasteiger partial charge in [-0.25, -0.2) is 4.98 Å². The molecule has 2 aromatic carbocycles. The topological polar surface area (TPSA) is 59.1 Å². The molecule has 1 aromatic heterocycles. The second-order valence-electron chi connectivity index (χ2n) is 7.83. The van der Waals surface area contributed by atoms with Crippen LogP contribution in [0.4, 0.5) is 36.3 Å². The number of aromatic nitrogens is 2. The second kappa shape index (κ2) is 10.3. The molecule has 2 N–H and O–H groups in total.